The van der Waals surface area contributed by atoms with E-state index in [1.165, 1.54) is 43.2 Å². The van der Waals surface area contributed by atoms with Crippen LogP contribution in [0.5, 0.6) is 5.75 Å². The maximum Gasteiger partial charge on any atom is 0.121 e. The van der Waals surface area contributed by atoms with Crippen LogP contribution in [0.2, 0.25) is 0 Å². The smallest absolute Gasteiger partial charge is 0.121 e. The van der Waals surface area contributed by atoms with Gasteiger partial charge < -0.3 is 10.1 Å². The van der Waals surface area contributed by atoms with Crippen molar-refractivity contribution in [3.05, 3.63) is 29.3 Å². The predicted molar refractivity (Wildman–Crippen MR) is 82.9 cm³/mol. The average molecular weight is 263 g/mol. The molecule has 1 rings (SSSR count). The second-order valence-corrected chi connectivity index (χ2v) is 5.19. The van der Waals surface area contributed by atoms with Crippen LogP contribution in [-0.2, 0) is 0 Å². The lowest BCUT2D eigenvalue weighted by atomic mass is 9.98. The third-order valence-electron chi connectivity index (χ3n) is 3.62. The van der Waals surface area contributed by atoms with E-state index in [9.17, 15) is 0 Å². The van der Waals surface area contributed by atoms with Crippen LogP contribution in [0.4, 0.5) is 0 Å². The topological polar surface area (TPSA) is 21.3 Å². The number of ether oxygens (including phenoxy) is 1. The van der Waals surface area contributed by atoms with Crippen molar-refractivity contribution in [2.24, 2.45) is 0 Å². The molecule has 1 aromatic rings. The van der Waals surface area contributed by atoms with Gasteiger partial charge in [-0.05, 0) is 37.1 Å². The molecule has 0 saturated carbocycles. The summed E-state index contributed by atoms with van der Waals surface area (Å²) in [7, 11) is 1.73. The Morgan fingerprint density at radius 2 is 1.95 bits per heavy atom. The van der Waals surface area contributed by atoms with Gasteiger partial charge in [0.2, 0.25) is 0 Å². The number of rotatable bonds is 9. The van der Waals surface area contributed by atoms with Gasteiger partial charge in [-0.25, -0.2) is 0 Å². The van der Waals surface area contributed by atoms with E-state index in [4.69, 9.17) is 4.74 Å². The van der Waals surface area contributed by atoms with Gasteiger partial charge in [-0.2, -0.15) is 0 Å². The second kappa shape index (κ2) is 8.98. The number of benzene rings is 1. The molecule has 2 nitrogen and oxygen atoms in total. The molecule has 0 fully saturated rings. The van der Waals surface area contributed by atoms with Crippen LogP contribution in [-0.4, -0.2) is 13.7 Å². The van der Waals surface area contributed by atoms with Crippen molar-refractivity contribution in [3.8, 4) is 5.75 Å². The Kier molecular flexibility index (Phi) is 7.57. The summed E-state index contributed by atoms with van der Waals surface area (Å²) in [6, 6.07) is 7.01. The molecule has 0 aliphatic carbocycles. The number of hydrogen-bond donors (Lipinski definition) is 1. The second-order valence-electron chi connectivity index (χ2n) is 5.19. The molecule has 0 aromatic heterocycles. The average Bonchev–Trinajstić information content (AvgIpc) is 2.42. The van der Waals surface area contributed by atoms with Crippen molar-refractivity contribution in [3.63, 3.8) is 0 Å². The first kappa shape index (κ1) is 16.0. The normalized spacial score (nSPS) is 12.4. The largest absolute Gasteiger partial charge is 0.496 e. The Balaban J connectivity index is 2.66. The van der Waals surface area contributed by atoms with Gasteiger partial charge in [-0.3, -0.25) is 0 Å². The summed E-state index contributed by atoms with van der Waals surface area (Å²) in [6.45, 7) is 7.57. The van der Waals surface area contributed by atoms with Gasteiger partial charge in [0.25, 0.3) is 0 Å². The molecule has 108 valence electrons. The zero-order valence-electron chi connectivity index (χ0n) is 13.0. The summed E-state index contributed by atoms with van der Waals surface area (Å²) in [5.41, 5.74) is 2.60. The van der Waals surface area contributed by atoms with E-state index in [0.29, 0.717) is 6.04 Å². The van der Waals surface area contributed by atoms with Crippen molar-refractivity contribution in [1.82, 2.24) is 5.32 Å². The Bertz CT molecular complexity index is 362. The van der Waals surface area contributed by atoms with Crippen LogP contribution in [0.1, 0.15) is 63.1 Å². The first-order valence-corrected chi connectivity index (χ1v) is 7.60. The van der Waals surface area contributed by atoms with Crippen molar-refractivity contribution in [2.45, 2.75) is 58.9 Å². The van der Waals surface area contributed by atoms with Gasteiger partial charge >= 0.3 is 0 Å². The van der Waals surface area contributed by atoms with Gasteiger partial charge in [0.05, 0.1) is 7.11 Å². The molecule has 0 saturated heterocycles. The van der Waals surface area contributed by atoms with E-state index in [0.717, 1.165) is 12.3 Å². The summed E-state index contributed by atoms with van der Waals surface area (Å²) in [4.78, 5) is 0. The quantitative estimate of drug-likeness (QED) is 0.656. The fraction of sp³-hybridized carbons (Fsp3) is 0.647. The molecule has 0 aliphatic heterocycles. The third kappa shape index (κ3) is 5.23. The van der Waals surface area contributed by atoms with Crippen LogP contribution < -0.4 is 10.1 Å². The standard InChI is InChI=1S/C17H29NO/c1-5-7-8-9-10-16(18-6-2)15-11-12-17(19-4)14(3)13-15/h11-13,16,18H,5-10H2,1-4H3. The molecule has 1 atom stereocenters. The highest BCUT2D eigenvalue weighted by molar-refractivity contribution is 5.37. The van der Waals surface area contributed by atoms with E-state index < -0.39 is 0 Å². The van der Waals surface area contributed by atoms with Gasteiger partial charge in [-0.15, -0.1) is 0 Å². The molecule has 0 amide bonds. The molecule has 19 heavy (non-hydrogen) atoms. The van der Waals surface area contributed by atoms with Crippen LogP contribution in [0.25, 0.3) is 0 Å². The fourth-order valence-electron chi connectivity index (χ4n) is 2.53. The summed E-state index contributed by atoms with van der Waals surface area (Å²) in [6.07, 6.45) is 6.51. The monoisotopic (exact) mass is 263 g/mol. The molecule has 1 N–H and O–H groups in total. The number of nitrogens with one attached hydrogen (secondary N) is 1. The fourth-order valence-corrected chi connectivity index (χ4v) is 2.53. The van der Waals surface area contributed by atoms with Gasteiger partial charge in [-0.1, -0.05) is 51.7 Å². The first-order valence-electron chi connectivity index (χ1n) is 7.60. The van der Waals surface area contributed by atoms with E-state index in [-0.39, 0.29) is 0 Å². The van der Waals surface area contributed by atoms with Gasteiger partial charge in [0.15, 0.2) is 0 Å². The predicted octanol–water partition coefficient (Wildman–Crippen LogP) is 4.62. The zero-order chi connectivity index (χ0) is 14.1. The van der Waals surface area contributed by atoms with Crippen LogP contribution in [0, 0.1) is 6.92 Å². The van der Waals surface area contributed by atoms with Gasteiger partial charge in [0.1, 0.15) is 5.75 Å². The highest BCUT2D eigenvalue weighted by atomic mass is 16.5. The van der Waals surface area contributed by atoms with Crippen molar-refractivity contribution in [2.75, 3.05) is 13.7 Å². The highest BCUT2D eigenvalue weighted by Gasteiger charge is 2.11. The van der Waals surface area contributed by atoms with E-state index in [1.807, 2.05) is 0 Å². The number of hydrogen-bond acceptors (Lipinski definition) is 2. The lowest BCUT2D eigenvalue weighted by molar-refractivity contribution is 0.410. The molecule has 0 radical (unpaired) electrons. The minimum Gasteiger partial charge on any atom is -0.496 e. The molecule has 2 heteroatoms. The molecule has 0 heterocycles. The summed E-state index contributed by atoms with van der Waals surface area (Å²) in [5, 5.41) is 3.60. The van der Waals surface area contributed by atoms with E-state index in [2.05, 4.69) is 44.3 Å². The first-order chi connectivity index (χ1) is 9.22. The third-order valence-corrected chi connectivity index (χ3v) is 3.62. The SMILES string of the molecule is CCCCCCC(NCC)c1ccc(OC)c(C)c1. The van der Waals surface area contributed by atoms with Crippen LogP contribution in [0.15, 0.2) is 18.2 Å². The van der Waals surface area contributed by atoms with Crippen LogP contribution in [0.3, 0.4) is 0 Å². The molecular weight excluding hydrogens is 234 g/mol. The zero-order valence-corrected chi connectivity index (χ0v) is 13.0. The summed E-state index contributed by atoms with van der Waals surface area (Å²) < 4.78 is 5.33. The lowest BCUT2D eigenvalue weighted by Crippen LogP contribution is -2.21. The van der Waals surface area contributed by atoms with Crippen molar-refractivity contribution < 1.29 is 4.74 Å². The molecule has 0 aliphatic rings. The number of unbranched alkanes of at least 4 members (excludes halogenated alkanes) is 3. The maximum absolute atomic E-state index is 5.33. The number of methoxy groups -OCH3 is 1. The lowest BCUT2D eigenvalue weighted by Gasteiger charge is -2.19. The summed E-state index contributed by atoms with van der Waals surface area (Å²) in [5.74, 6) is 0.977. The minimum atomic E-state index is 0.478. The number of aryl methyl sites for hydroxylation is 1. The Hall–Kier alpha value is -1.02. The van der Waals surface area contributed by atoms with E-state index >= 15 is 0 Å². The molecule has 0 spiro atoms. The van der Waals surface area contributed by atoms with Crippen molar-refractivity contribution in [1.29, 1.82) is 0 Å². The minimum absolute atomic E-state index is 0.478. The maximum atomic E-state index is 5.33. The molecule has 0 bridgehead atoms. The highest BCUT2D eigenvalue weighted by Crippen LogP contribution is 2.25. The molecule has 1 aromatic carbocycles. The van der Waals surface area contributed by atoms with Gasteiger partial charge in [0, 0.05) is 6.04 Å². The molecular formula is C17H29NO. The Morgan fingerprint density at radius 1 is 1.16 bits per heavy atom. The van der Waals surface area contributed by atoms with Crippen molar-refractivity contribution >= 4 is 0 Å². The van der Waals surface area contributed by atoms with E-state index in [1.54, 1.807) is 7.11 Å². The molecule has 1 unspecified atom stereocenters. The Labute approximate surface area is 118 Å². The Morgan fingerprint density at radius 3 is 2.53 bits per heavy atom. The van der Waals surface area contributed by atoms with Crippen LogP contribution >= 0.6 is 0 Å². The summed E-state index contributed by atoms with van der Waals surface area (Å²) >= 11 is 0.